The van der Waals surface area contributed by atoms with Crippen molar-refractivity contribution in [1.82, 2.24) is 10.9 Å². The van der Waals surface area contributed by atoms with E-state index in [2.05, 4.69) is 36.8 Å². The monoisotopic (exact) mass is 300 g/mol. The van der Waals surface area contributed by atoms with E-state index in [1.807, 2.05) is 36.4 Å². The number of hydrogen-bond donors (Lipinski definition) is 2. The number of para-hydroxylation sites is 2. The Labute approximate surface area is 132 Å². The third-order valence-corrected chi connectivity index (χ3v) is 3.73. The molecule has 4 heteroatoms. The number of ether oxygens (including phenoxy) is 2. The molecule has 0 radical (unpaired) electrons. The van der Waals surface area contributed by atoms with E-state index in [9.17, 15) is 0 Å². The van der Waals surface area contributed by atoms with Crippen LogP contribution in [0, 0.1) is 0 Å². The van der Waals surface area contributed by atoms with Gasteiger partial charge in [0, 0.05) is 23.2 Å². The van der Waals surface area contributed by atoms with E-state index in [0.29, 0.717) is 0 Å². The number of rotatable bonds is 7. The molecule has 2 aromatic carbocycles. The van der Waals surface area contributed by atoms with E-state index < -0.39 is 0 Å². The topological polar surface area (TPSA) is 42.5 Å². The number of nitrogens with one attached hydrogen (secondary N) is 2. The number of benzene rings is 2. The minimum atomic E-state index is 0.119. The van der Waals surface area contributed by atoms with Crippen LogP contribution in [-0.4, -0.2) is 14.2 Å². The van der Waals surface area contributed by atoms with Crippen LogP contribution in [0.15, 0.2) is 48.5 Å². The summed E-state index contributed by atoms with van der Waals surface area (Å²) in [6.45, 7) is 4.19. The molecule has 118 valence electrons. The molecule has 0 aliphatic carbocycles. The molecule has 0 aliphatic heterocycles. The van der Waals surface area contributed by atoms with Crippen LogP contribution in [0.2, 0.25) is 0 Å². The molecule has 0 saturated carbocycles. The lowest BCUT2D eigenvalue weighted by atomic mass is 10.1. The number of hydrogen-bond acceptors (Lipinski definition) is 4. The van der Waals surface area contributed by atoms with Crippen molar-refractivity contribution in [2.75, 3.05) is 14.2 Å². The largest absolute Gasteiger partial charge is 0.496 e. The average Bonchev–Trinajstić information content (AvgIpc) is 2.59. The van der Waals surface area contributed by atoms with Gasteiger partial charge in [-0.1, -0.05) is 36.4 Å². The lowest BCUT2D eigenvalue weighted by Gasteiger charge is -2.22. The molecule has 22 heavy (non-hydrogen) atoms. The Morgan fingerprint density at radius 3 is 1.41 bits per heavy atom. The summed E-state index contributed by atoms with van der Waals surface area (Å²) < 4.78 is 10.8. The van der Waals surface area contributed by atoms with Crippen LogP contribution in [0.1, 0.15) is 37.1 Å². The first-order chi connectivity index (χ1) is 10.7. The van der Waals surface area contributed by atoms with Crippen molar-refractivity contribution in [2.45, 2.75) is 25.9 Å². The van der Waals surface area contributed by atoms with Gasteiger partial charge in [-0.3, -0.25) is 0 Å². The summed E-state index contributed by atoms with van der Waals surface area (Å²) in [7, 11) is 3.38. The van der Waals surface area contributed by atoms with Crippen molar-refractivity contribution in [3.8, 4) is 11.5 Å². The molecule has 0 aliphatic rings. The summed E-state index contributed by atoms with van der Waals surface area (Å²) >= 11 is 0. The second-order valence-electron chi connectivity index (χ2n) is 5.22. The van der Waals surface area contributed by atoms with Gasteiger partial charge in [0.05, 0.1) is 14.2 Å². The molecular formula is C18H24N2O2. The minimum absolute atomic E-state index is 0.119. The standard InChI is InChI=1S/C18H24N2O2/c1-13(15-9-5-7-11-17(15)21-3)19-20-14(2)16-10-6-8-12-18(16)22-4/h5-14,19-20H,1-4H3. The summed E-state index contributed by atoms with van der Waals surface area (Å²) in [5, 5.41) is 0. The lowest BCUT2D eigenvalue weighted by Crippen LogP contribution is -2.36. The summed E-state index contributed by atoms with van der Waals surface area (Å²) in [5.41, 5.74) is 8.91. The Morgan fingerprint density at radius 1 is 0.682 bits per heavy atom. The lowest BCUT2D eigenvalue weighted by molar-refractivity contribution is 0.367. The minimum Gasteiger partial charge on any atom is -0.496 e. The van der Waals surface area contributed by atoms with Crippen LogP contribution >= 0.6 is 0 Å². The van der Waals surface area contributed by atoms with Crippen LogP contribution in [0.5, 0.6) is 11.5 Å². The van der Waals surface area contributed by atoms with Gasteiger partial charge in [0.2, 0.25) is 0 Å². The fourth-order valence-electron chi connectivity index (χ4n) is 2.45. The molecule has 0 fully saturated rings. The summed E-state index contributed by atoms with van der Waals surface area (Å²) in [4.78, 5) is 0. The van der Waals surface area contributed by atoms with Crippen molar-refractivity contribution in [3.63, 3.8) is 0 Å². The zero-order valence-corrected chi connectivity index (χ0v) is 13.6. The van der Waals surface area contributed by atoms with E-state index in [1.54, 1.807) is 14.2 Å². The molecule has 0 amide bonds. The maximum Gasteiger partial charge on any atom is 0.123 e. The average molecular weight is 300 g/mol. The summed E-state index contributed by atoms with van der Waals surface area (Å²) in [6, 6.07) is 16.3. The van der Waals surface area contributed by atoms with Crippen LogP contribution < -0.4 is 20.3 Å². The predicted octanol–water partition coefficient (Wildman–Crippen LogP) is 3.62. The smallest absolute Gasteiger partial charge is 0.123 e. The van der Waals surface area contributed by atoms with Gasteiger partial charge >= 0.3 is 0 Å². The van der Waals surface area contributed by atoms with Gasteiger partial charge in [0.15, 0.2) is 0 Å². The van der Waals surface area contributed by atoms with E-state index in [4.69, 9.17) is 9.47 Å². The zero-order chi connectivity index (χ0) is 15.9. The Bertz CT molecular complexity index is 548. The van der Waals surface area contributed by atoms with Gasteiger partial charge in [-0.15, -0.1) is 0 Å². The van der Waals surface area contributed by atoms with Crippen LogP contribution in [0.3, 0.4) is 0 Å². The highest BCUT2D eigenvalue weighted by atomic mass is 16.5. The summed E-state index contributed by atoms with van der Waals surface area (Å²) in [5.74, 6) is 1.77. The number of hydrazine groups is 1. The molecular weight excluding hydrogens is 276 g/mol. The maximum absolute atomic E-state index is 5.41. The SMILES string of the molecule is COc1ccccc1C(C)NNC(C)c1ccccc1OC. The highest BCUT2D eigenvalue weighted by Crippen LogP contribution is 2.26. The fourth-order valence-corrected chi connectivity index (χ4v) is 2.45. The molecule has 2 atom stereocenters. The Morgan fingerprint density at radius 2 is 1.05 bits per heavy atom. The molecule has 2 aromatic rings. The first kappa shape index (κ1) is 16.3. The Kier molecular flexibility index (Phi) is 5.81. The maximum atomic E-state index is 5.41. The molecule has 2 rings (SSSR count). The van der Waals surface area contributed by atoms with Gasteiger partial charge in [-0.2, -0.15) is 0 Å². The third kappa shape index (κ3) is 3.78. The van der Waals surface area contributed by atoms with Crippen molar-refractivity contribution < 1.29 is 9.47 Å². The van der Waals surface area contributed by atoms with E-state index in [1.165, 1.54) is 0 Å². The van der Waals surface area contributed by atoms with Crippen molar-refractivity contribution in [3.05, 3.63) is 59.7 Å². The first-order valence-electron chi connectivity index (χ1n) is 7.44. The predicted molar refractivity (Wildman–Crippen MR) is 89.1 cm³/mol. The molecule has 2 N–H and O–H groups in total. The van der Waals surface area contributed by atoms with Crippen LogP contribution in [-0.2, 0) is 0 Å². The van der Waals surface area contributed by atoms with Crippen molar-refractivity contribution in [1.29, 1.82) is 0 Å². The molecule has 0 heterocycles. The molecule has 0 aromatic heterocycles. The molecule has 0 saturated heterocycles. The highest BCUT2D eigenvalue weighted by molar-refractivity contribution is 5.36. The van der Waals surface area contributed by atoms with Crippen LogP contribution in [0.4, 0.5) is 0 Å². The Hall–Kier alpha value is -2.04. The van der Waals surface area contributed by atoms with Gasteiger partial charge in [-0.05, 0) is 26.0 Å². The van der Waals surface area contributed by atoms with Gasteiger partial charge < -0.3 is 9.47 Å². The quantitative estimate of drug-likeness (QED) is 0.766. The van der Waals surface area contributed by atoms with Gasteiger partial charge in [-0.25, -0.2) is 10.9 Å². The van der Waals surface area contributed by atoms with E-state index >= 15 is 0 Å². The van der Waals surface area contributed by atoms with Crippen molar-refractivity contribution >= 4 is 0 Å². The van der Waals surface area contributed by atoms with Crippen LogP contribution in [0.25, 0.3) is 0 Å². The normalized spacial score (nSPS) is 13.5. The zero-order valence-electron chi connectivity index (χ0n) is 13.6. The van der Waals surface area contributed by atoms with E-state index in [-0.39, 0.29) is 12.1 Å². The molecule has 0 spiro atoms. The van der Waals surface area contributed by atoms with Crippen molar-refractivity contribution in [2.24, 2.45) is 0 Å². The molecule has 0 bridgehead atoms. The third-order valence-electron chi connectivity index (χ3n) is 3.73. The summed E-state index contributed by atoms with van der Waals surface area (Å²) in [6.07, 6.45) is 0. The number of methoxy groups -OCH3 is 2. The second kappa shape index (κ2) is 7.82. The first-order valence-corrected chi connectivity index (χ1v) is 7.44. The molecule has 4 nitrogen and oxygen atoms in total. The van der Waals surface area contributed by atoms with Gasteiger partial charge in [0.1, 0.15) is 11.5 Å². The van der Waals surface area contributed by atoms with E-state index in [0.717, 1.165) is 22.6 Å². The second-order valence-corrected chi connectivity index (χ2v) is 5.22. The molecule has 2 unspecified atom stereocenters. The Balaban J connectivity index is 2.03. The highest BCUT2D eigenvalue weighted by Gasteiger charge is 2.14. The fraction of sp³-hybridized carbons (Fsp3) is 0.333. The van der Waals surface area contributed by atoms with Gasteiger partial charge in [0.25, 0.3) is 0 Å².